The normalized spacial score (nSPS) is 29.8. The topological polar surface area (TPSA) is 21.3 Å². The zero-order chi connectivity index (χ0) is 12.7. The van der Waals surface area contributed by atoms with E-state index in [1.165, 1.54) is 6.42 Å². The molecule has 0 radical (unpaired) electrons. The summed E-state index contributed by atoms with van der Waals surface area (Å²) < 4.78 is 30.1. The van der Waals surface area contributed by atoms with Gasteiger partial charge in [-0.25, -0.2) is 8.78 Å². The molecule has 102 valence electrons. The van der Waals surface area contributed by atoms with E-state index >= 15 is 0 Å². The summed E-state index contributed by atoms with van der Waals surface area (Å²) >= 11 is 0. The smallest absolute Gasteiger partial charge is 0.261 e. The molecule has 0 bridgehead atoms. The molecule has 4 heteroatoms. The highest BCUT2D eigenvalue weighted by atomic mass is 19.3. The zero-order valence-corrected chi connectivity index (χ0v) is 11.0. The van der Waals surface area contributed by atoms with E-state index in [0.29, 0.717) is 6.54 Å². The minimum atomic E-state index is -2.36. The Morgan fingerprint density at radius 3 is 2.41 bits per heavy atom. The molecule has 17 heavy (non-hydrogen) atoms. The summed E-state index contributed by atoms with van der Waals surface area (Å²) in [6.07, 6.45) is 2.84. The molecule has 1 fully saturated rings. The maximum absolute atomic E-state index is 12.3. The summed E-state index contributed by atoms with van der Waals surface area (Å²) in [5, 5.41) is 3.25. The summed E-state index contributed by atoms with van der Waals surface area (Å²) in [5.74, 6) is 0.750. The minimum Gasteiger partial charge on any atom is -0.368 e. The maximum atomic E-state index is 12.3. The van der Waals surface area contributed by atoms with E-state index in [9.17, 15) is 8.78 Å². The van der Waals surface area contributed by atoms with Gasteiger partial charge >= 0.3 is 0 Å². The lowest BCUT2D eigenvalue weighted by Crippen LogP contribution is -2.46. The van der Waals surface area contributed by atoms with Crippen LogP contribution in [0.3, 0.4) is 0 Å². The average molecular weight is 249 g/mol. The average Bonchev–Trinajstić information content (AvgIpc) is 2.35. The standard InChI is InChI=1S/C13H25F2NO/c1-3-11-5-7-13(8-6-11,10-16-4-2)17-9-12(14)15/h11-12,16H,3-10H2,1-2H3. The number of hydrogen-bond acceptors (Lipinski definition) is 2. The van der Waals surface area contributed by atoms with Gasteiger partial charge in [0, 0.05) is 6.54 Å². The third-order valence-electron chi connectivity index (χ3n) is 3.81. The van der Waals surface area contributed by atoms with E-state index in [1.54, 1.807) is 0 Å². The van der Waals surface area contributed by atoms with Crippen LogP contribution in [0, 0.1) is 5.92 Å². The van der Waals surface area contributed by atoms with Crippen molar-refractivity contribution < 1.29 is 13.5 Å². The Bertz CT molecular complexity index is 204. The van der Waals surface area contributed by atoms with Crippen molar-refractivity contribution in [3.63, 3.8) is 0 Å². The lowest BCUT2D eigenvalue weighted by molar-refractivity contribution is -0.110. The van der Waals surface area contributed by atoms with E-state index in [2.05, 4.69) is 12.2 Å². The number of rotatable bonds is 7. The number of ether oxygens (including phenoxy) is 1. The number of nitrogens with one attached hydrogen (secondary N) is 1. The van der Waals surface area contributed by atoms with Gasteiger partial charge in [0.25, 0.3) is 6.43 Å². The lowest BCUT2D eigenvalue weighted by Gasteiger charge is -2.40. The van der Waals surface area contributed by atoms with E-state index in [1.807, 2.05) is 6.92 Å². The zero-order valence-electron chi connectivity index (χ0n) is 11.0. The SMILES string of the molecule is CCNCC1(OCC(F)F)CCC(CC)CC1. The quantitative estimate of drug-likeness (QED) is 0.748. The van der Waals surface area contributed by atoms with Crippen molar-refractivity contribution in [2.24, 2.45) is 5.92 Å². The Morgan fingerprint density at radius 2 is 1.94 bits per heavy atom. The van der Waals surface area contributed by atoms with Crippen LogP contribution in [0.25, 0.3) is 0 Å². The second-order valence-corrected chi connectivity index (χ2v) is 5.02. The molecule has 1 N–H and O–H groups in total. The largest absolute Gasteiger partial charge is 0.368 e. The van der Waals surface area contributed by atoms with Gasteiger partial charge in [-0.15, -0.1) is 0 Å². The van der Waals surface area contributed by atoms with Crippen LogP contribution in [0.5, 0.6) is 0 Å². The van der Waals surface area contributed by atoms with Crippen LogP contribution in [0.15, 0.2) is 0 Å². The summed E-state index contributed by atoms with van der Waals surface area (Å²) in [6, 6.07) is 0. The molecule has 1 aliphatic carbocycles. The molecule has 0 heterocycles. The van der Waals surface area contributed by atoms with E-state index < -0.39 is 13.0 Å². The van der Waals surface area contributed by atoms with Crippen molar-refractivity contribution in [2.75, 3.05) is 19.7 Å². The first-order chi connectivity index (χ1) is 8.12. The van der Waals surface area contributed by atoms with Gasteiger partial charge in [0.15, 0.2) is 0 Å². The third kappa shape index (κ3) is 4.88. The third-order valence-corrected chi connectivity index (χ3v) is 3.81. The van der Waals surface area contributed by atoms with Crippen molar-refractivity contribution in [3.8, 4) is 0 Å². The Labute approximate surface area is 103 Å². The Balaban J connectivity index is 2.48. The first kappa shape index (κ1) is 14.8. The number of likely N-dealkylation sites (N-methyl/N-ethyl adjacent to an activating group) is 1. The van der Waals surface area contributed by atoms with Gasteiger partial charge < -0.3 is 10.1 Å². The summed E-state index contributed by atoms with van der Waals surface area (Å²) in [6.45, 7) is 5.35. The molecule has 0 aromatic rings. The number of halogens is 2. The van der Waals surface area contributed by atoms with Crippen molar-refractivity contribution in [1.82, 2.24) is 5.32 Å². The lowest BCUT2D eigenvalue weighted by atomic mass is 9.77. The number of alkyl halides is 2. The van der Waals surface area contributed by atoms with Crippen LogP contribution >= 0.6 is 0 Å². The van der Waals surface area contributed by atoms with Gasteiger partial charge in [0.1, 0.15) is 6.61 Å². The van der Waals surface area contributed by atoms with Crippen molar-refractivity contribution >= 4 is 0 Å². The number of hydrogen-bond donors (Lipinski definition) is 1. The van der Waals surface area contributed by atoms with Crippen molar-refractivity contribution in [1.29, 1.82) is 0 Å². The molecule has 2 nitrogen and oxygen atoms in total. The van der Waals surface area contributed by atoms with Gasteiger partial charge in [-0.3, -0.25) is 0 Å². The molecule has 0 atom stereocenters. The first-order valence-corrected chi connectivity index (χ1v) is 6.74. The second kappa shape index (κ2) is 7.27. The van der Waals surface area contributed by atoms with Gasteiger partial charge in [0.2, 0.25) is 0 Å². The molecule has 0 amide bonds. The van der Waals surface area contributed by atoms with Crippen LogP contribution in [-0.4, -0.2) is 31.7 Å². The van der Waals surface area contributed by atoms with Gasteiger partial charge in [0.05, 0.1) is 5.60 Å². The highest BCUT2D eigenvalue weighted by Gasteiger charge is 2.36. The molecule has 1 rings (SSSR count). The van der Waals surface area contributed by atoms with E-state index in [0.717, 1.165) is 38.1 Å². The maximum Gasteiger partial charge on any atom is 0.261 e. The highest BCUT2D eigenvalue weighted by Crippen LogP contribution is 2.36. The molecular weight excluding hydrogens is 224 g/mol. The van der Waals surface area contributed by atoms with Crippen LogP contribution in [-0.2, 0) is 4.74 Å². The monoisotopic (exact) mass is 249 g/mol. The first-order valence-electron chi connectivity index (χ1n) is 6.74. The summed E-state index contributed by atoms with van der Waals surface area (Å²) in [4.78, 5) is 0. The summed E-state index contributed by atoms with van der Waals surface area (Å²) in [7, 11) is 0. The molecule has 0 saturated heterocycles. The van der Waals surface area contributed by atoms with Gasteiger partial charge in [-0.05, 0) is 38.1 Å². The fourth-order valence-corrected chi connectivity index (χ4v) is 2.58. The molecular formula is C13H25F2NO. The Hall–Kier alpha value is -0.220. The molecule has 1 aliphatic rings. The van der Waals surface area contributed by atoms with Gasteiger partial charge in [-0.1, -0.05) is 20.3 Å². The molecule has 0 aromatic carbocycles. The van der Waals surface area contributed by atoms with E-state index in [4.69, 9.17) is 4.74 Å². The van der Waals surface area contributed by atoms with Gasteiger partial charge in [-0.2, -0.15) is 0 Å². The summed E-state index contributed by atoms with van der Waals surface area (Å²) in [5.41, 5.74) is -0.349. The minimum absolute atomic E-state index is 0.349. The van der Waals surface area contributed by atoms with Crippen LogP contribution in [0.1, 0.15) is 46.0 Å². The van der Waals surface area contributed by atoms with Crippen molar-refractivity contribution in [2.45, 2.75) is 58.0 Å². The Morgan fingerprint density at radius 1 is 1.29 bits per heavy atom. The molecule has 1 saturated carbocycles. The molecule has 0 aliphatic heterocycles. The van der Waals surface area contributed by atoms with Crippen molar-refractivity contribution in [3.05, 3.63) is 0 Å². The second-order valence-electron chi connectivity index (χ2n) is 5.02. The Kier molecular flexibility index (Phi) is 6.34. The van der Waals surface area contributed by atoms with E-state index in [-0.39, 0.29) is 5.60 Å². The molecule has 0 aromatic heterocycles. The molecule has 0 spiro atoms. The van der Waals surface area contributed by atoms with Crippen LogP contribution in [0.2, 0.25) is 0 Å². The molecule has 0 unspecified atom stereocenters. The fourth-order valence-electron chi connectivity index (χ4n) is 2.58. The van der Waals surface area contributed by atoms with Crippen LogP contribution in [0.4, 0.5) is 8.78 Å². The predicted molar refractivity (Wildman–Crippen MR) is 65.5 cm³/mol. The highest BCUT2D eigenvalue weighted by molar-refractivity contribution is 4.89. The fraction of sp³-hybridized carbons (Fsp3) is 1.00. The predicted octanol–water partition coefficient (Wildman–Crippen LogP) is 3.22. The van der Waals surface area contributed by atoms with Crippen LogP contribution < -0.4 is 5.32 Å².